The van der Waals surface area contributed by atoms with Gasteiger partial charge in [0.15, 0.2) is 5.78 Å². The fourth-order valence-electron chi connectivity index (χ4n) is 2.34. The third kappa shape index (κ3) is 2.55. The van der Waals surface area contributed by atoms with Gasteiger partial charge in [-0.05, 0) is 54.1 Å². The largest absolute Gasteiger partial charge is 0.330 e. The SMILES string of the molecule is NCC1CCC(C(=O)c2cscc2Br)CC1. The van der Waals surface area contributed by atoms with Gasteiger partial charge in [0.05, 0.1) is 0 Å². The molecule has 1 aliphatic rings. The Bertz CT molecular complexity index is 369. The molecule has 88 valence electrons. The quantitative estimate of drug-likeness (QED) is 0.869. The fraction of sp³-hybridized carbons (Fsp3) is 0.583. The minimum absolute atomic E-state index is 0.216. The lowest BCUT2D eigenvalue weighted by molar-refractivity contribution is 0.0873. The smallest absolute Gasteiger partial charge is 0.167 e. The van der Waals surface area contributed by atoms with Gasteiger partial charge in [-0.25, -0.2) is 0 Å². The Morgan fingerprint density at radius 2 is 2.06 bits per heavy atom. The van der Waals surface area contributed by atoms with Gasteiger partial charge in [-0.3, -0.25) is 4.79 Å². The number of hydrogen-bond donors (Lipinski definition) is 1. The molecule has 1 aromatic rings. The van der Waals surface area contributed by atoms with E-state index in [0.717, 1.165) is 42.3 Å². The molecule has 0 amide bonds. The number of rotatable bonds is 3. The van der Waals surface area contributed by atoms with Crippen LogP contribution in [0.15, 0.2) is 15.2 Å². The number of Topliss-reactive ketones (excluding diaryl/α,β-unsaturated/α-hetero) is 1. The maximum absolute atomic E-state index is 12.2. The molecule has 4 heteroatoms. The topological polar surface area (TPSA) is 43.1 Å². The number of hydrogen-bond acceptors (Lipinski definition) is 3. The Balaban J connectivity index is 2.00. The molecule has 0 bridgehead atoms. The number of nitrogens with two attached hydrogens (primary N) is 1. The molecule has 2 nitrogen and oxygen atoms in total. The maximum Gasteiger partial charge on any atom is 0.167 e. The Hall–Kier alpha value is -0.190. The molecule has 1 fully saturated rings. The lowest BCUT2D eigenvalue weighted by Crippen LogP contribution is -2.25. The normalized spacial score (nSPS) is 25.6. The summed E-state index contributed by atoms with van der Waals surface area (Å²) in [6.45, 7) is 0.767. The van der Waals surface area contributed by atoms with Crippen LogP contribution >= 0.6 is 27.3 Å². The number of thiophene rings is 1. The van der Waals surface area contributed by atoms with E-state index in [1.165, 1.54) is 0 Å². The molecule has 0 unspecified atom stereocenters. The highest BCUT2D eigenvalue weighted by molar-refractivity contribution is 9.10. The molecule has 0 aromatic carbocycles. The molecule has 2 rings (SSSR count). The van der Waals surface area contributed by atoms with Crippen LogP contribution in [0.5, 0.6) is 0 Å². The highest BCUT2D eigenvalue weighted by Gasteiger charge is 2.27. The third-order valence-corrected chi connectivity index (χ3v) is 5.13. The number of halogens is 1. The average Bonchev–Trinajstić information content (AvgIpc) is 2.75. The van der Waals surface area contributed by atoms with E-state index in [-0.39, 0.29) is 5.92 Å². The van der Waals surface area contributed by atoms with Gasteiger partial charge in [0.25, 0.3) is 0 Å². The summed E-state index contributed by atoms with van der Waals surface area (Å²) in [4.78, 5) is 12.2. The van der Waals surface area contributed by atoms with Crippen molar-refractivity contribution < 1.29 is 4.79 Å². The number of ketones is 1. The van der Waals surface area contributed by atoms with Crippen molar-refractivity contribution in [1.29, 1.82) is 0 Å². The molecule has 1 aliphatic carbocycles. The molecule has 2 N–H and O–H groups in total. The molecule has 0 aliphatic heterocycles. The van der Waals surface area contributed by atoms with Gasteiger partial charge in [0.2, 0.25) is 0 Å². The van der Waals surface area contributed by atoms with Crippen molar-refractivity contribution in [2.45, 2.75) is 25.7 Å². The zero-order chi connectivity index (χ0) is 11.5. The minimum Gasteiger partial charge on any atom is -0.330 e. The van der Waals surface area contributed by atoms with Crippen LogP contribution in [0.2, 0.25) is 0 Å². The van der Waals surface area contributed by atoms with Crippen LogP contribution < -0.4 is 5.73 Å². The lowest BCUT2D eigenvalue weighted by atomic mass is 9.79. The van der Waals surface area contributed by atoms with Crippen LogP contribution in [0.1, 0.15) is 36.0 Å². The Morgan fingerprint density at radius 1 is 1.38 bits per heavy atom. The number of carbonyl (C=O) groups excluding carboxylic acids is 1. The first-order chi connectivity index (χ1) is 7.72. The molecule has 0 radical (unpaired) electrons. The zero-order valence-electron chi connectivity index (χ0n) is 9.12. The fourth-order valence-corrected chi connectivity index (χ4v) is 3.82. The Labute approximate surface area is 108 Å². The summed E-state index contributed by atoms with van der Waals surface area (Å²) >= 11 is 5.00. The van der Waals surface area contributed by atoms with E-state index in [4.69, 9.17) is 5.73 Å². The van der Waals surface area contributed by atoms with Crippen LogP contribution in [-0.4, -0.2) is 12.3 Å². The second-order valence-corrected chi connectivity index (χ2v) is 6.05. The van der Waals surface area contributed by atoms with Crippen molar-refractivity contribution in [1.82, 2.24) is 0 Å². The summed E-state index contributed by atoms with van der Waals surface area (Å²) in [5.41, 5.74) is 6.51. The van der Waals surface area contributed by atoms with Gasteiger partial charge in [-0.15, -0.1) is 0 Å². The second-order valence-electron chi connectivity index (χ2n) is 4.45. The van der Waals surface area contributed by atoms with Crippen LogP contribution in [0.4, 0.5) is 0 Å². The molecule has 0 saturated heterocycles. The summed E-state index contributed by atoms with van der Waals surface area (Å²) in [5, 5.41) is 3.92. The van der Waals surface area contributed by atoms with Gasteiger partial charge in [0, 0.05) is 26.7 Å². The van der Waals surface area contributed by atoms with Crippen molar-refractivity contribution in [2.24, 2.45) is 17.6 Å². The average molecular weight is 302 g/mol. The van der Waals surface area contributed by atoms with E-state index in [2.05, 4.69) is 15.9 Å². The lowest BCUT2D eigenvalue weighted by Gasteiger charge is -2.26. The maximum atomic E-state index is 12.2. The number of carbonyl (C=O) groups is 1. The minimum atomic E-state index is 0.216. The van der Waals surface area contributed by atoms with E-state index >= 15 is 0 Å². The molecular formula is C12H16BrNOS. The summed E-state index contributed by atoms with van der Waals surface area (Å²) in [7, 11) is 0. The van der Waals surface area contributed by atoms with Gasteiger partial charge < -0.3 is 5.73 Å². The Morgan fingerprint density at radius 3 is 2.56 bits per heavy atom. The highest BCUT2D eigenvalue weighted by atomic mass is 79.9. The van der Waals surface area contributed by atoms with Gasteiger partial charge in [-0.1, -0.05) is 0 Å². The molecular weight excluding hydrogens is 286 g/mol. The van der Waals surface area contributed by atoms with Crippen molar-refractivity contribution in [3.63, 3.8) is 0 Å². The summed E-state index contributed by atoms with van der Waals surface area (Å²) < 4.78 is 0.948. The second kappa shape index (κ2) is 5.43. The molecule has 0 spiro atoms. The molecule has 1 aromatic heterocycles. The van der Waals surface area contributed by atoms with Crippen molar-refractivity contribution in [2.75, 3.05) is 6.54 Å². The zero-order valence-corrected chi connectivity index (χ0v) is 11.5. The Kier molecular flexibility index (Phi) is 4.16. The molecule has 1 saturated carbocycles. The first-order valence-corrected chi connectivity index (χ1v) is 7.42. The van der Waals surface area contributed by atoms with E-state index < -0.39 is 0 Å². The summed E-state index contributed by atoms with van der Waals surface area (Å²) in [5.74, 6) is 1.16. The molecule has 1 heterocycles. The van der Waals surface area contributed by atoms with Crippen LogP contribution in [-0.2, 0) is 0 Å². The predicted octanol–water partition coefficient (Wildman–Crippen LogP) is 3.46. The monoisotopic (exact) mass is 301 g/mol. The first kappa shape index (κ1) is 12.3. The molecule has 16 heavy (non-hydrogen) atoms. The van der Waals surface area contributed by atoms with Gasteiger partial charge in [0.1, 0.15) is 0 Å². The van der Waals surface area contributed by atoms with Crippen molar-refractivity contribution in [3.05, 3.63) is 20.8 Å². The first-order valence-electron chi connectivity index (χ1n) is 5.68. The van der Waals surface area contributed by atoms with Crippen molar-refractivity contribution in [3.8, 4) is 0 Å². The summed E-state index contributed by atoms with van der Waals surface area (Å²) in [6, 6.07) is 0. The van der Waals surface area contributed by atoms with Gasteiger partial charge >= 0.3 is 0 Å². The third-order valence-electron chi connectivity index (χ3n) is 3.43. The van der Waals surface area contributed by atoms with Gasteiger partial charge in [-0.2, -0.15) is 11.3 Å². The van der Waals surface area contributed by atoms with Crippen LogP contribution in [0.25, 0.3) is 0 Å². The van der Waals surface area contributed by atoms with Crippen LogP contribution in [0, 0.1) is 11.8 Å². The van der Waals surface area contributed by atoms with Crippen LogP contribution in [0.3, 0.4) is 0 Å². The van der Waals surface area contributed by atoms with E-state index in [9.17, 15) is 4.79 Å². The highest BCUT2D eigenvalue weighted by Crippen LogP contribution is 2.33. The van der Waals surface area contributed by atoms with E-state index in [1.54, 1.807) is 11.3 Å². The summed E-state index contributed by atoms with van der Waals surface area (Å²) in [6.07, 6.45) is 4.22. The van der Waals surface area contributed by atoms with Crippen molar-refractivity contribution >= 4 is 33.0 Å². The molecule has 0 atom stereocenters. The van der Waals surface area contributed by atoms with E-state index in [0.29, 0.717) is 11.7 Å². The predicted molar refractivity (Wildman–Crippen MR) is 70.9 cm³/mol. The van der Waals surface area contributed by atoms with E-state index in [1.807, 2.05) is 10.8 Å². The standard InChI is InChI=1S/C12H16BrNOS/c13-11-7-16-6-10(11)12(15)9-3-1-8(5-14)2-4-9/h6-9H,1-5,14H2.